The van der Waals surface area contributed by atoms with Crippen LogP contribution in [0.2, 0.25) is 0 Å². The van der Waals surface area contributed by atoms with E-state index < -0.39 is 27.2 Å². The van der Waals surface area contributed by atoms with E-state index in [-0.39, 0.29) is 45.7 Å². The summed E-state index contributed by atoms with van der Waals surface area (Å²) in [6.45, 7) is 5.73. The molecule has 1 aliphatic rings. The number of hydrogen-bond acceptors (Lipinski definition) is 6. The fraction of sp³-hybridized carbons (Fsp3) is 0.458. The maximum absolute atomic E-state index is 13.0. The van der Waals surface area contributed by atoms with Crippen LogP contribution in [0.4, 0.5) is 0 Å². The van der Waals surface area contributed by atoms with E-state index >= 15 is 0 Å². The lowest BCUT2D eigenvalue weighted by Gasteiger charge is -2.29. The molecule has 3 aromatic rings. The molecule has 0 aliphatic heterocycles. The second-order valence-electron chi connectivity index (χ2n) is 10.0. The number of sulfonamides is 1. The molecule has 2 aromatic heterocycles. The van der Waals surface area contributed by atoms with Gasteiger partial charge in [0.25, 0.3) is 5.56 Å². The molecule has 0 radical (unpaired) electrons. The van der Waals surface area contributed by atoms with Gasteiger partial charge in [0.15, 0.2) is 0 Å². The average molecular weight is 504 g/mol. The molecule has 1 aromatic carbocycles. The van der Waals surface area contributed by atoms with Gasteiger partial charge in [-0.2, -0.15) is 0 Å². The molecule has 1 aliphatic carbocycles. The molecule has 4 rings (SSSR count). The van der Waals surface area contributed by atoms with Gasteiger partial charge in [-0.25, -0.2) is 17.9 Å². The van der Waals surface area contributed by atoms with E-state index in [1.54, 1.807) is 0 Å². The van der Waals surface area contributed by atoms with Crippen molar-refractivity contribution in [2.45, 2.75) is 57.0 Å². The molecule has 35 heavy (non-hydrogen) atoms. The molecule has 0 bridgehead atoms. The standard InChI is InChI=1S/C24H29N3O7S/c1-24(2,3)34-23(31)14-6-4-13(5-7-14)11-26-35(32,33)15-8-9-18-16(10-15)19-17(22(29)30)12-25-20(19)21(28)27-18/h8-10,12-14,25-26H,4-7,11H2,1-3H3,(H,27,28)(H,29,30). The monoisotopic (exact) mass is 503 g/mol. The SMILES string of the molecule is CC(C)(C)OC(=O)C1CCC(CNS(=O)(=O)c2ccc3[nH]c(=O)c4[nH]cc(C(=O)O)c4c3c2)CC1. The fourth-order valence-corrected chi connectivity index (χ4v) is 5.68. The Morgan fingerprint density at radius 1 is 1.17 bits per heavy atom. The molecule has 0 unspecified atom stereocenters. The lowest BCUT2D eigenvalue weighted by atomic mass is 9.82. The smallest absolute Gasteiger partial charge is 0.337 e. The third-order valence-electron chi connectivity index (χ3n) is 6.31. The van der Waals surface area contributed by atoms with Crippen molar-refractivity contribution in [1.82, 2.24) is 14.7 Å². The zero-order chi connectivity index (χ0) is 25.5. The first-order valence-corrected chi connectivity index (χ1v) is 13.0. The summed E-state index contributed by atoms with van der Waals surface area (Å²) in [5.74, 6) is -1.51. The van der Waals surface area contributed by atoms with Gasteiger partial charge >= 0.3 is 11.9 Å². The van der Waals surface area contributed by atoms with E-state index in [0.29, 0.717) is 36.6 Å². The predicted molar refractivity (Wildman–Crippen MR) is 130 cm³/mol. The van der Waals surface area contributed by atoms with Crippen LogP contribution in [0.5, 0.6) is 0 Å². The third kappa shape index (κ3) is 5.25. The number of aromatic nitrogens is 2. The molecular weight excluding hydrogens is 474 g/mol. The molecule has 2 heterocycles. The van der Waals surface area contributed by atoms with Crippen LogP contribution < -0.4 is 10.3 Å². The van der Waals surface area contributed by atoms with Crippen molar-refractivity contribution < 1.29 is 27.9 Å². The molecule has 10 nitrogen and oxygen atoms in total. The summed E-state index contributed by atoms with van der Waals surface area (Å²) >= 11 is 0. The molecule has 11 heteroatoms. The number of aromatic carboxylic acids is 1. The summed E-state index contributed by atoms with van der Waals surface area (Å²) in [6.07, 6.45) is 3.92. The number of aromatic amines is 2. The molecule has 1 fully saturated rings. The van der Waals surface area contributed by atoms with Gasteiger partial charge in [0.1, 0.15) is 11.1 Å². The Kier molecular flexibility index (Phi) is 6.50. The zero-order valence-corrected chi connectivity index (χ0v) is 20.6. The predicted octanol–water partition coefficient (Wildman–Crippen LogP) is 3.13. The van der Waals surface area contributed by atoms with E-state index in [2.05, 4.69) is 14.7 Å². The van der Waals surface area contributed by atoms with Crippen LogP contribution in [-0.4, -0.2) is 47.6 Å². The number of ether oxygens (including phenoxy) is 1. The topological polar surface area (TPSA) is 158 Å². The van der Waals surface area contributed by atoms with Crippen LogP contribution in [0.25, 0.3) is 21.8 Å². The van der Waals surface area contributed by atoms with Gasteiger partial charge in [-0.15, -0.1) is 0 Å². The first kappa shape index (κ1) is 24.9. The maximum Gasteiger partial charge on any atom is 0.337 e. The number of nitrogens with one attached hydrogen (secondary N) is 3. The van der Waals surface area contributed by atoms with Gasteiger partial charge in [0.05, 0.1) is 16.4 Å². The van der Waals surface area contributed by atoms with Crippen LogP contribution in [0, 0.1) is 11.8 Å². The first-order chi connectivity index (χ1) is 16.4. The number of esters is 1. The normalized spacial score (nSPS) is 19.2. The van der Waals surface area contributed by atoms with Crippen LogP contribution in [-0.2, 0) is 19.6 Å². The Balaban J connectivity index is 1.50. The first-order valence-electron chi connectivity index (χ1n) is 11.5. The van der Waals surface area contributed by atoms with Crippen molar-refractivity contribution >= 4 is 43.8 Å². The Hall–Kier alpha value is -3.18. The van der Waals surface area contributed by atoms with Gasteiger partial charge in [-0.05, 0) is 70.6 Å². The van der Waals surface area contributed by atoms with Crippen molar-refractivity contribution in [2.24, 2.45) is 11.8 Å². The number of carbonyl (C=O) groups is 2. The van der Waals surface area contributed by atoms with Crippen LogP contribution in [0.3, 0.4) is 0 Å². The minimum atomic E-state index is -3.89. The lowest BCUT2D eigenvalue weighted by Crippen LogP contribution is -2.34. The van der Waals surface area contributed by atoms with Crippen molar-refractivity contribution in [3.8, 4) is 0 Å². The van der Waals surface area contributed by atoms with E-state index in [1.165, 1.54) is 24.4 Å². The average Bonchev–Trinajstić information content (AvgIpc) is 3.23. The third-order valence-corrected chi connectivity index (χ3v) is 7.73. The quantitative estimate of drug-likeness (QED) is 0.376. The Morgan fingerprint density at radius 2 is 1.86 bits per heavy atom. The number of pyridine rings is 1. The van der Waals surface area contributed by atoms with Crippen molar-refractivity contribution in [1.29, 1.82) is 0 Å². The number of H-pyrrole nitrogens is 2. The number of rotatable bonds is 6. The maximum atomic E-state index is 13.0. The summed E-state index contributed by atoms with van der Waals surface area (Å²) in [5.41, 5.74) is -0.729. The number of hydrogen-bond donors (Lipinski definition) is 4. The molecule has 0 amide bonds. The molecule has 1 saturated carbocycles. The van der Waals surface area contributed by atoms with E-state index in [0.717, 1.165) is 0 Å². The summed E-state index contributed by atoms with van der Waals surface area (Å²) in [5, 5.41) is 9.98. The lowest BCUT2D eigenvalue weighted by molar-refractivity contribution is -0.161. The number of carboxylic acids is 1. The number of fused-ring (bicyclic) bond motifs is 3. The number of benzene rings is 1. The minimum Gasteiger partial charge on any atom is -0.478 e. The largest absolute Gasteiger partial charge is 0.478 e. The molecule has 4 N–H and O–H groups in total. The number of carboxylic acid groups (broad SMARTS) is 1. The van der Waals surface area contributed by atoms with Crippen LogP contribution >= 0.6 is 0 Å². The molecule has 0 atom stereocenters. The summed E-state index contributed by atoms with van der Waals surface area (Å²) < 4.78 is 34.2. The van der Waals surface area contributed by atoms with E-state index in [9.17, 15) is 27.9 Å². The Morgan fingerprint density at radius 3 is 2.49 bits per heavy atom. The second kappa shape index (κ2) is 9.12. The number of carbonyl (C=O) groups excluding carboxylic acids is 1. The fourth-order valence-electron chi connectivity index (χ4n) is 4.54. The summed E-state index contributed by atoms with van der Waals surface area (Å²) in [7, 11) is -3.89. The molecule has 188 valence electrons. The molecule has 0 spiro atoms. The highest BCUT2D eigenvalue weighted by Crippen LogP contribution is 2.31. The van der Waals surface area contributed by atoms with Crippen molar-refractivity contribution in [3.05, 3.63) is 40.3 Å². The van der Waals surface area contributed by atoms with Crippen molar-refractivity contribution in [3.63, 3.8) is 0 Å². The van der Waals surface area contributed by atoms with Crippen molar-refractivity contribution in [2.75, 3.05) is 6.54 Å². The Bertz CT molecular complexity index is 1460. The second-order valence-corrected chi connectivity index (χ2v) is 11.8. The van der Waals surface area contributed by atoms with Gasteiger partial charge in [0, 0.05) is 29.0 Å². The minimum absolute atomic E-state index is 0.0293. The van der Waals surface area contributed by atoms with E-state index in [4.69, 9.17) is 4.74 Å². The molecular formula is C24H29N3O7S. The van der Waals surface area contributed by atoms with Crippen LogP contribution in [0.15, 0.2) is 34.1 Å². The van der Waals surface area contributed by atoms with Crippen LogP contribution in [0.1, 0.15) is 56.8 Å². The highest BCUT2D eigenvalue weighted by Gasteiger charge is 2.30. The highest BCUT2D eigenvalue weighted by atomic mass is 32.2. The van der Waals surface area contributed by atoms with Gasteiger partial charge < -0.3 is 19.8 Å². The van der Waals surface area contributed by atoms with Gasteiger partial charge in [-0.1, -0.05) is 0 Å². The summed E-state index contributed by atoms with van der Waals surface area (Å²) in [6, 6.07) is 4.20. The zero-order valence-electron chi connectivity index (χ0n) is 19.8. The Labute approximate surface area is 202 Å². The van der Waals surface area contributed by atoms with Gasteiger partial charge in [0.2, 0.25) is 10.0 Å². The highest BCUT2D eigenvalue weighted by molar-refractivity contribution is 7.89. The van der Waals surface area contributed by atoms with E-state index in [1.807, 2.05) is 20.8 Å². The summed E-state index contributed by atoms with van der Waals surface area (Å²) in [4.78, 5) is 41.5. The molecule has 0 saturated heterocycles. The van der Waals surface area contributed by atoms with Gasteiger partial charge in [-0.3, -0.25) is 9.59 Å².